The molecule has 0 aliphatic rings. The van der Waals surface area contributed by atoms with Crippen LogP contribution in [-0.4, -0.2) is 17.1 Å². The Balaban J connectivity index is 2.84. The maximum atomic E-state index is 10.7. The van der Waals surface area contributed by atoms with E-state index < -0.39 is 12.0 Å². The molecule has 0 saturated carbocycles. The van der Waals surface area contributed by atoms with Gasteiger partial charge in [0.25, 0.3) is 0 Å². The lowest BCUT2D eigenvalue weighted by atomic mass is 10.2. The zero-order chi connectivity index (χ0) is 11.4. The number of benzene rings is 1. The summed E-state index contributed by atoms with van der Waals surface area (Å²) in [5, 5.41) is 12.3. The normalized spacial score (nSPS) is 11.9. The summed E-state index contributed by atoms with van der Waals surface area (Å²) in [6.45, 7) is 3.42. The number of hydrogen-bond acceptors (Lipinski definition) is 2. The van der Waals surface area contributed by atoms with Crippen molar-refractivity contribution in [3.8, 4) is 0 Å². The van der Waals surface area contributed by atoms with Crippen LogP contribution in [0.3, 0.4) is 0 Å². The van der Waals surface area contributed by atoms with Crippen molar-refractivity contribution in [2.24, 2.45) is 0 Å². The van der Waals surface area contributed by atoms with Gasteiger partial charge in [0.05, 0.1) is 10.0 Å². The molecule has 1 unspecified atom stereocenters. The highest BCUT2D eigenvalue weighted by molar-refractivity contribution is 6.42. The van der Waals surface area contributed by atoms with Crippen LogP contribution in [0.5, 0.6) is 0 Å². The van der Waals surface area contributed by atoms with E-state index in [1.807, 2.05) is 0 Å². The summed E-state index contributed by atoms with van der Waals surface area (Å²) in [6.07, 6.45) is 1.30. The summed E-state index contributed by atoms with van der Waals surface area (Å²) >= 11 is 11.5. The first-order valence-corrected chi connectivity index (χ1v) is 4.87. The van der Waals surface area contributed by atoms with Crippen LogP contribution in [-0.2, 0) is 4.79 Å². The van der Waals surface area contributed by atoms with Crippen molar-refractivity contribution in [1.82, 2.24) is 0 Å². The first kappa shape index (κ1) is 11.9. The Morgan fingerprint density at radius 1 is 1.47 bits per heavy atom. The molecule has 1 aromatic carbocycles. The molecule has 2 N–H and O–H groups in total. The minimum Gasteiger partial charge on any atom is -0.479 e. The van der Waals surface area contributed by atoms with Crippen molar-refractivity contribution in [1.29, 1.82) is 0 Å². The van der Waals surface area contributed by atoms with Crippen molar-refractivity contribution in [3.63, 3.8) is 0 Å². The molecule has 0 aliphatic heterocycles. The Morgan fingerprint density at radius 2 is 2.13 bits per heavy atom. The van der Waals surface area contributed by atoms with Crippen LogP contribution in [0.4, 0.5) is 5.69 Å². The molecule has 0 heterocycles. The SMILES string of the molecule is C=CC(Nc1ccc(Cl)c(Cl)c1)C(=O)O. The second-order valence-corrected chi connectivity index (χ2v) is 3.64. The van der Waals surface area contributed by atoms with E-state index in [2.05, 4.69) is 11.9 Å². The van der Waals surface area contributed by atoms with Crippen LogP contribution in [0, 0.1) is 0 Å². The molecule has 0 saturated heterocycles. The van der Waals surface area contributed by atoms with Crippen LogP contribution >= 0.6 is 23.2 Å². The highest BCUT2D eigenvalue weighted by atomic mass is 35.5. The third-order valence-corrected chi connectivity index (χ3v) is 2.48. The van der Waals surface area contributed by atoms with Crippen LogP contribution in [0.15, 0.2) is 30.9 Å². The van der Waals surface area contributed by atoms with Crippen molar-refractivity contribution >= 4 is 34.9 Å². The van der Waals surface area contributed by atoms with Gasteiger partial charge in [-0.2, -0.15) is 0 Å². The average molecular weight is 246 g/mol. The number of carboxylic acids is 1. The fraction of sp³-hybridized carbons (Fsp3) is 0.100. The number of carbonyl (C=O) groups is 1. The molecule has 0 amide bonds. The summed E-state index contributed by atoms with van der Waals surface area (Å²) in [6, 6.07) is 3.95. The van der Waals surface area contributed by atoms with Crippen molar-refractivity contribution in [2.45, 2.75) is 6.04 Å². The summed E-state index contributed by atoms with van der Waals surface area (Å²) in [5.74, 6) is -1.00. The topological polar surface area (TPSA) is 49.3 Å². The molecule has 0 spiro atoms. The molecule has 0 fully saturated rings. The van der Waals surface area contributed by atoms with Crippen LogP contribution in [0.1, 0.15) is 0 Å². The molecule has 80 valence electrons. The second kappa shape index (κ2) is 5.05. The zero-order valence-corrected chi connectivity index (χ0v) is 9.22. The Labute approximate surface area is 97.3 Å². The summed E-state index contributed by atoms with van der Waals surface area (Å²) in [7, 11) is 0. The van der Waals surface area contributed by atoms with Gasteiger partial charge >= 0.3 is 5.97 Å². The van der Waals surface area contributed by atoms with Gasteiger partial charge in [0.15, 0.2) is 0 Å². The van der Waals surface area contributed by atoms with Gasteiger partial charge in [-0.3, -0.25) is 0 Å². The molecule has 1 aromatic rings. The molecule has 5 heteroatoms. The lowest BCUT2D eigenvalue weighted by molar-refractivity contribution is -0.136. The first-order valence-electron chi connectivity index (χ1n) is 4.11. The van der Waals surface area contributed by atoms with Gasteiger partial charge in [-0.25, -0.2) is 4.79 Å². The largest absolute Gasteiger partial charge is 0.479 e. The number of hydrogen-bond donors (Lipinski definition) is 2. The summed E-state index contributed by atoms with van der Waals surface area (Å²) in [5.41, 5.74) is 0.580. The molecule has 0 radical (unpaired) electrons. The van der Waals surface area contributed by atoms with Gasteiger partial charge in [-0.05, 0) is 18.2 Å². The fourth-order valence-electron chi connectivity index (χ4n) is 0.987. The Bertz CT molecular complexity index is 393. The molecule has 0 bridgehead atoms. The molecule has 0 aliphatic carbocycles. The number of nitrogens with one attached hydrogen (secondary N) is 1. The van der Waals surface area contributed by atoms with Gasteiger partial charge in [0.1, 0.15) is 6.04 Å². The molecule has 1 rings (SSSR count). The average Bonchev–Trinajstić information content (AvgIpc) is 2.19. The molecular formula is C10H9Cl2NO2. The maximum absolute atomic E-state index is 10.7. The number of rotatable bonds is 4. The Kier molecular flexibility index (Phi) is 4.00. The number of carboxylic acid groups (broad SMARTS) is 1. The standard InChI is InChI=1S/C10H9Cl2NO2/c1-2-9(10(14)15)13-6-3-4-7(11)8(12)5-6/h2-5,9,13H,1H2,(H,14,15). The van der Waals surface area contributed by atoms with Gasteiger partial charge in [-0.1, -0.05) is 29.3 Å². The van der Waals surface area contributed by atoms with Crippen LogP contribution < -0.4 is 5.32 Å². The van der Waals surface area contributed by atoms with E-state index in [9.17, 15) is 4.79 Å². The van der Waals surface area contributed by atoms with Crippen LogP contribution in [0.2, 0.25) is 10.0 Å². The highest BCUT2D eigenvalue weighted by Crippen LogP contribution is 2.25. The number of aliphatic carboxylic acids is 1. The van der Waals surface area contributed by atoms with E-state index in [0.717, 1.165) is 0 Å². The second-order valence-electron chi connectivity index (χ2n) is 2.82. The Hall–Kier alpha value is -1.19. The van der Waals surface area contributed by atoms with Crippen molar-refractivity contribution < 1.29 is 9.90 Å². The van der Waals surface area contributed by atoms with E-state index in [1.165, 1.54) is 6.08 Å². The van der Waals surface area contributed by atoms with E-state index in [4.69, 9.17) is 28.3 Å². The smallest absolute Gasteiger partial charge is 0.330 e. The van der Waals surface area contributed by atoms with Crippen LogP contribution in [0.25, 0.3) is 0 Å². The number of halogens is 2. The van der Waals surface area contributed by atoms with E-state index in [-0.39, 0.29) is 0 Å². The third-order valence-electron chi connectivity index (χ3n) is 1.74. The van der Waals surface area contributed by atoms with Gasteiger partial charge in [0.2, 0.25) is 0 Å². The number of anilines is 1. The maximum Gasteiger partial charge on any atom is 0.330 e. The van der Waals surface area contributed by atoms with E-state index in [1.54, 1.807) is 18.2 Å². The van der Waals surface area contributed by atoms with Gasteiger partial charge < -0.3 is 10.4 Å². The molecule has 0 aromatic heterocycles. The van der Waals surface area contributed by atoms with Gasteiger partial charge in [0, 0.05) is 5.69 Å². The predicted molar refractivity (Wildman–Crippen MR) is 61.7 cm³/mol. The van der Waals surface area contributed by atoms with Crippen molar-refractivity contribution in [3.05, 3.63) is 40.9 Å². The lowest BCUT2D eigenvalue weighted by Gasteiger charge is -2.11. The summed E-state index contributed by atoms with van der Waals surface area (Å²) in [4.78, 5) is 10.7. The molecule has 1 atom stereocenters. The molecule has 3 nitrogen and oxygen atoms in total. The Morgan fingerprint density at radius 3 is 2.60 bits per heavy atom. The lowest BCUT2D eigenvalue weighted by Crippen LogP contribution is -2.26. The fourth-order valence-corrected chi connectivity index (χ4v) is 1.29. The van der Waals surface area contributed by atoms with E-state index >= 15 is 0 Å². The molecule has 15 heavy (non-hydrogen) atoms. The van der Waals surface area contributed by atoms with E-state index in [0.29, 0.717) is 15.7 Å². The predicted octanol–water partition coefficient (Wildman–Crippen LogP) is 3.04. The van der Waals surface area contributed by atoms with Gasteiger partial charge in [-0.15, -0.1) is 6.58 Å². The quantitative estimate of drug-likeness (QED) is 0.802. The minimum absolute atomic E-state index is 0.370. The summed E-state index contributed by atoms with van der Waals surface area (Å²) < 4.78 is 0. The minimum atomic E-state index is -1.00. The molecular weight excluding hydrogens is 237 g/mol. The zero-order valence-electron chi connectivity index (χ0n) is 7.71. The van der Waals surface area contributed by atoms with Crippen molar-refractivity contribution in [2.75, 3.05) is 5.32 Å². The first-order chi connectivity index (χ1) is 7.04. The monoisotopic (exact) mass is 245 g/mol. The third kappa shape index (κ3) is 3.15. The highest BCUT2D eigenvalue weighted by Gasteiger charge is 2.12.